The lowest BCUT2D eigenvalue weighted by Gasteiger charge is -2.10. The minimum atomic E-state index is -0.0516. The highest BCUT2D eigenvalue weighted by Gasteiger charge is 2.09. The number of aromatic nitrogens is 2. The molecule has 1 aromatic carbocycles. The van der Waals surface area contributed by atoms with E-state index in [0.717, 1.165) is 16.6 Å². The third kappa shape index (κ3) is 2.19. The molecule has 84 valence electrons. The van der Waals surface area contributed by atoms with E-state index in [-0.39, 0.29) is 11.9 Å². The highest BCUT2D eigenvalue weighted by atomic mass is 32.1. The summed E-state index contributed by atoms with van der Waals surface area (Å²) in [5.74, 6) is -0.0516. The van der Waals surface area contributed by atoms with Gasteiger partial charge in [0.05, 0.1) is 4.70 Å². The molecule has 16 heavy (non-hydrogen) atoms. The fourth-order valence-corrected chi connectivity index (χ4v) is 1.87. The number of fused-ring (bicyclic) bond motifs is 1. The maximum Gasteiger partial charge on any atom is 0.251 e. The predicted molar refractivity (Wildman–Crippen MR) is 64.6 cm³/mol. The number of nitrogens with zero attached hydrogens (tertiary/aromatic N) is 2. The van der Waals surface area contributed by atoms with Crippen LogP contribution in [0.5, 0.6) is 0 Å². The topological polar surface area (TPSA) is 54.9 Å². The summed E-state index contributed by atoms with van der Waals surface area (Å²) >= 11 is 1.33. The van der Waals surface area contributed by atoms with Gasteiger partial charge in [-0.05, 0) is 43.1 Å². The van der Waals surface area contributed by atoms with Crippen molar-refractivity contribution in [2.45, 2.75) is 26.3 Å². The lowest BCUT2D eigenvalue weighted by atomic mass is 10.2. The average molecular weight is 235 g/mol. The third-order valence-electron chi connectivity index (χ3n) is 2.50. The van der Waals surface area contributed by atoms with Gasteiger partial charge in [0.25, 0.3) is 5.91 Å². The second kappa shape index (κ2) is 4.57. The lowest BCUT2D eigenvalue weighted by Crippen LogP contribution is -2.31. The van der Waals surface area contributed by atoms with Gasteiger partial charge in [0.1, 0.15) is 5.52 Å². The largest absolute Gasteiger partial charge is 0.350 e. The van der Waals surface area contributed by atoms with Crippen molar-refractivity contribution in [3.63, 3.8) is 0 Å². The molecule has 0 saturated heterocycles. The van der Waals surface area contributed by atoms with E-state index in [4.69, 9.17) is 0 Å². The fourth-order valence-electron chi connectivity index (χ4n) is 1.33. The second-order valence-electron chi connectivity index (χ2n) is 3.74. The molecule has 0 bridgehead atoms. The Balaban J connectivity index is 2.22. The molecule has 0 aliphatic carbocycles. The van der Waals surface area contributed by atoms with Gasteiger partial charge in [-0.1, -0.05) is 11.4 Å². The molecule has 0 aliphatic rings. The molecular weight excluding hydrogens is 222 g/mol. The third-order valence-corrected chi connectivity index (χ3v) is 3.20. The quantitative estimate of drug-likeness (QED) is 0.887. The van der Waals surface area contributed by atoms with Gasteiger partial charge < -0.3 is 5.32 Å². The molecule has 0 spiro atoms. The highest BCUT2D eigenvalue weighted by Crippen LogP contribution is 2.16. The first kappa shape index (κ1) is 11.0. The van der Waals surface area contributed by atoms with Crippen LogP contribution < -0.4 is 5.32 Å². The Morgan fingerprint density at radius 3 is 3.12 bits per heavy atom. The molecule has 1 heterocycles. The number of carbonyl (C=O) groups is 1. The van der Waals surface area contributed by atoms with E-state index < -0.39 is 0 Å². The minimum absolute atomic E-state index is 0.0516. The molecule has 2 rings (SSSR count). The van der Waals surface area contributed by atoms with Crippen LogP contribution in [0.15, 0.2) is 18.2 Å². The summed E-state index contributed by atoms with van der Waals surface area (Å²) < 4.78 is 4.84. The summed E-state index contributed by atoms with van der Waals surface area (Å²) in [6.07, 6.45) is 0.923. The Morgan fingerprint density at radius 1 is 1.56 bits per heavy atom. The van der Waals surface area contributed by atoms with Crippen LogP contribution in [0.3, 0.4) is 0 Å². The van der Waals surface area contributed by atoms with Crippen LogP contribution >= 0.6 is 11.5 Å². The van der Waals surface area contributed by atoms with E-state index in [1.807, 2.05) is 19.9 Å². The summed E-state index contributed by atoms with van der Waals surface area (Å²) in [5, 5.41) is 6.87. The fraction of sp³-hybridized carbons (Fsp3) is 0.364. The van der Waals surface area contributed by atoms with Crippen LogP contribution in [0.25, 0.3) is 10.2 Å². The Hall–Kier alpha value is -1.49. The van der Waals surface area contributed by atoms with Gasteiger partial charge in [0, 0.05) is 11.6 Å². The summed E-state index contributed by atoms with van der Waals surface area (Å²) in [4.78, 5) is 11.8. The van der Waals surface area contributed by atoms with Crippen molar-refractivity contribution >= 4 is 27.7 Å². The van der Waals surface area contributed by atoms with Gasteiger partial charge in [-0.3, -0.25) is 4.79 Å². The van der Waals surface area contributed by atoms with Gasteiger partial charge >= 0.3 is 0 Å². The molecule has 1 aromatic heterocycles. The second-order valence-corrected chi connectivity index (χ2v) is 4.52. The van der Waals surface area contributed by atoms with Crippen molar-refractivity contribution in [2.24, 2.45) is 0 Å². The van der Waals surface area contributed by atoms with Gasteiger partial charge in [-0.15, -0.1) is 5.10 Å². The molecule has 0 fully saturated rings. The zero-order valence-corrected chi connectivity index (χ0v) is 10.0. The Morgan fingerprint density at radius 2 is 2.38 bits per heavy atom. The molecule has 0 aliphatic heterocycles. The molecule has 0 radical (unpaired) electrons. The summed E-state index contributed by atoms with van der Waals surface area (Å²) in [5.41, 5.74) is 1.42. The number of carbonyl (C=O) groups excluding carboxylic acids is 1. The zero-order chi connectivity index (χ0) is 11.5. The van der Waals surface area contributed by atoms with Crippen molar-refractivity contribution < 1.29 is 4.79 Å². The number of nitrogens with one attached hydrogen (secondary N) is 1. The first-order chi connectivity index (χ1) is 7.70. The smallest absolute Gasteiger partial charge is 0.251 e. The van der Waals surface area contributed by atoms with Crippen LogP contribution in [-0.2, 0) is 0 Å². The van der Waals surface area contributed by atoms with Crippen LogP contribution in [0.2, 0.25) is 0 Å². The maximum absolute atomic E-state index is 11.8. The minimum Gasteiger partial charge on any atom is -0.350 e. The van der Waals surface area contributed by atoms with Crippen molar-refractivity contribution in [2.75, 3.05) is 0 Å². The lowest BCUT2D eigenvalue weighted by molar-refractivity contribution is 0.0939. The van der Waals surface area contributed by atoms with Crippen molar-refractivity contribution in [3.05, 3.63) is 23.8 Å². The SMILES string of the molecule is CC[C@H](C)NC(=O)c1ccc2snnc2c1. The Kier molecular flexibility index (Phi) is 3.14. The van der Waals surface area contributed by atoms with Crippen molar-refractivity contribution in [1.29, 1.82) is 0 Å². The molecule has 2 aromatic rings. The van der Waals surface area contributed by atoms with Crippen LogP contribution in [-0.4, -0.2) is 21.5 Å². The molecule has 0 saturated carbocycles. The predicted octanol–water partition coefficient (Wildman–Crippen LogP) is 2.22. The van der Waals surface area contributed by atoms with Crippen LogP contribution in [0, 0.1) is 0 Å². The monoisotopic (exact) mass is 235 g/mol. The van der Waals surface area contributed by atoms with Crippen LogP contribution in [0.1, 0.15) is 30.6 Å². The molecule has 5 heteroatoms. The maximum atomic E-state index is 11.8. The van der Waals surface area contributed by atoms with Gasteiger partial charge in [-0.2, -0.15) is 0 Å². The first-order valence-electron chi connectivity index (χ1n) is 5.23. The standard InChI is InChI=1S/C11H13N3OS/c1-3-7(2)12-11(15)8-4-5-10-9(6-8)13-14-16-10/h4-7H,3H2,1-2H3,(H,12,15)/t7-/m0/s1. The summed E-state index contributed by atoms with van der Waals surface area (Å²) in [6.45, 7) is 4.03. The van der Waals surface area contributed by atoms with E-state index >= 15 is 0 Å². The molecule has 4 nitrogen and oxygen atoms in total. The van der Waals surface area contributed by atoms with Crippen molar-refractivity contribution in [3.8, 4) is 0 Å². The summed E-state index contributed by atoms with van der Waals surface area (Å²) in [6, 6.07) is 5.65. The van der Waals surface area contributed by atoms with Gasteiger partial charge in [0.15, 0.2) is 0 Å². The summed E-state index contributed by atoms with van der Waals surface area (Å²) in [7, 11) is 0. The number of rotatable bonds is 3. The van der Waals surface area contributed by atoms with Crippen molar-refractivity contribution in [1.82, 2.24) is 14.9 Å². The van der Waals surface area contributed by atoms with E-state index in [2.05, 4.69) is 14.9 Å². The molecule has 1 amide bonds. The van der Waals surface area contributed by atoms with Gasteiger partial charge in [0.2, 0.25) is 0 Å². The van der Waals surface area contributed by atoms with E-state index in [1.165, 1.54) is 11.5 Å². The average Bonchev–Trinajstić information content (AvgIpc) is 2.75. The van der Waals surface area contributed by atoms with E-state index in [1.54, 1.807) is 12.1 Å². The highest BCUT2D eigenvalue weighted by molar-refractivity contribution is 7.12. The number of amides is 1. The van der Waals surface area contributed by atoms with E-state index in [9.17, 15) is 4.79 Å². The number of hydrogen-bond donors (Lipinski definition) is 1. The normalized spacial score (nSPS) is 12.6. The molecule has 1 N–H and O–H groups in total. The van der Waals surface area contributed by atoms with E-state index in [0.29, 0.717) is 5.56 Å². The van der Waals surface area contributed by atoms with Crippen LogP contribution in [0.4, 0.5) is 0 Å². The Labute approximate surface area is 97.8 Å². The molecule has 0 unspecified atom stereocenters. The van der Waals surface area contributed by atoms with Gasteiger partial charge in [-0.25, -0.2) is 0 Å². The molecular formula is C11H13N3OS. The number of hydrogen-bond acceptors (Lipinski definition) is 4. The molecule has 1 atom stereocenters. The Bertz CT molecular complexity index is 509. The first-order valence-corrected chi connectivity index (χ1v) is 6.01. The number of benzene rings is 1. The zero-order valence-electron chi connectivity index (χ0n) is 9.23.